The van der Waals surface area contributed by atoms with Gasteiger partial charge in [-0.3, -0.25) is 0 Å². The van der Waals surface area contributed by atoms with Crippen molar-refractivity contribution in [2.24, 2.45) is 0 Å². The van der Waals surface area contributed by atoms with Gasteiger partial charge >= 0.3 is 0 Å². The average Bonchev–Trinajstić information content (AvgIpc) is 3.80. The normalized spacial score (nSPS) is 11.9. The standard InChI is InChI=1S/C51H31N5/c1-3-14-32(15-4-1)49-52-50(33-16-5-2-6-17-33)54-51(53-49)34-28-30-35(31-29-34)55-42-24-10-9-20-38(42)41-23-13-27-45(48(41)55)56-43-25-11-21-39-36-18-7-8-19-37(36)40-22-12-26-44(56)47(40)46(39)43/h1-31H. The van der Waals surface area contributed by atoms with E-state index in [1.807, 2.05) is 60.7 Å². The minimum atomic E-state index is 0.635. The molecule has 0 atom stereocenters. The van der Waals surface area contributed by atoms with Crippen LogP contribution < -0.4 is 0 Å². The zero-order valence-electron chi connectivity index (χ0n) is 30.1. The molecule has 0 N–H and O–H groups in total. The molecule has 0 bridgehead atoms. The van der Waals surface area contributed by atoms with E-state index in [0.29, 0.717) is 17.5 Å². The van der Waals surface area contributed by atoms with Crippen molar-refractivity contribution in [1.29, 1.82) is 0 Å². The molecule has 0 radical (unpaired) electrons. The van der Waals surface area contributed by atoms with E-state index in [4.69, 9.17) is 15.0 Å². The molecule has 56 heavy (non-hydrogen) atoms. The van der Waals surface area contributed by atoms with Gasteiger partial charge in [-0.25, -0.2) is 15.0 Å². The van der Waals surface area contributed by atoms with Gasteiger partial charge in [-0.2, -0.15) is 0 Å². The first-order valence-electron chi connectivity index (χ1n) is 19.0. The van der Waals surface area contributed by atoms with Crippen LogP contribution in [-0.2, 0) is 0 Å². The number of hydrogen-bond acceptors (Lipinski definition) is 3. The number of rotatable bonds is 5. The molecule has 3 aromatic heterocycles. The molecule has 0 amide bonds. The summed E-state index contributed by atoms with van der Waals surface area (Å²) in [6.45, 7) is 0. The van der Waals surface area contributed by atoms with E-state index in [9.17, 15) is 0 Å². The Morgan fingerprint density at radius 1 is 0.286 bits per heavy atom. The highest BCUT2D eigenvalue weighted by atomic mass is 15.1. The summed E-state index contributed by atoms with van der Waals surface area (Å²) in [4.78, 5) is 14.9. The highest BCUT2D eigenvalue weighted by Gasteiger charge is 2.23. The zero-order chi connectivity index (χ0) is 36.7. The lowest BCUT2D eigenvalue weighted by Crippen LogP contribution is -2.02. The van der Waals surface area contributed by atoms with E-state index in [-0.39, 0.29) is 0 Å². The topological polar surface area (TPSA) is 48.5 Å². The van der Waals surface area contributed by atoms with Gasteiger partial charge < -0.3 is 9.13 Å². The van der Waals surface area contributed by atoms with Crippen molar-refractivity contribution in [2.45, 2.75) is 0 Å². The van der Waals surface area contributed by atoms with E-state index < -0.39 is 0 Å². The van der Waals surface area contributed by atoms with Crippen molar-refractivity contribution in [3.63, 3.8) is 0 Å². The summed E-state index contributed by atoms with van der Waals surface area (Å²) in [5.41, 5.74) is 9.75. The molecule has 3 heterocycles. The van der Waals surface area contributed by atoms with Crippen molar-refractivity contribution >= 4 is 65.2 Å². The second-order valence-electron chi connectivity index (χ2n) is 14.4. The Balaban J connectivity index is 1.09. The van der Waals surface area contributed by atoms with Crippen molar-refractivity contribution in [2.75, 3.05) is 0 Å². The van der Waals surface area contributed by atoms with Gasteiger partial charge in [0.2, 0.25) is 0 Å². The van der Waals surface area contributed by atoms with Gasteiger partial charge in [-0.05, 0) is 70.1 Å². The summed E-state index contributed by atoms with van der Waals surface area (Å²) in [6.07, 6.45) is 0. The first-order valence-corrected chi connectivity index (χ1v) is 19.0. The van der Waals surface area contributed by atoms with Crippen LogP contribution in [0.2, 0.25) is 0 Å². The Labute approximate surface area is 321 Å². The molecule has 0 unspecified atom stereocenters. The molecule has 5 heteroatoms. The van der Waals surface area contributed by atoms with Crippen LogP contribution in [0.4, 0.5) is 0 Å². The minimum absolute atomic E-state index is 0.635. The minimum Gasteiger partial charge on any atom is -0.307 e. The molecular weight excluding hydrogens is 683 g/mol. The Morgan fingerprint density at radius 3 is 1.29 bits per heavy atom. The molecular formula is C51H31N5. The first kappa shape index (κ1) is 30.8. The number of fused-ring (bicyclic) bond motifs is 6. The van der Waals surface area contributed by atoms with Crippen LogP contribution in [0.15, 0.2) is 188 Å². The van der Waals surface area contributed by atoms with Gasteiger partial charge in [0, 0.05) is 43.9 Å². The Morgan fingerprint density at radius 2 is 0.714 bits per heavy atom. The maximum atomic E-state index is 5.00. The van der Waals surface area contributed by atoms with Crippen LogP contribution in [0, 0.1) is 0 Å². The zero-order valence-corrected chi connectivity index (χ0v) is 30.1. The fourth-order valence-corrected chi connectivity index (χ4v) is 8.92. The first-order chi connectivity index (χ1) is 27.8. The lowest BCUT2D eigenvalue weighted by atomic mass is 9.95. The van der Waals surface area contributed by atoms with Crippen molar-refractivity contribution < 1.29 is 0 Å². The lowest BCUT2D eigenvalue weighted by molar-refractivity contribution is 1.07. The highest BCUT2D eigenvalue weighted by molar-refractivity contribution is 6.34. The molecule has 0 aliphatic rings. The Bertz CT molecular complexity index is 3310. The van der Waals surface area contributed by atoms with Crippen molar-refractivity contribution in [1.82, 2.24) is 24.1 Å². The Kier molecular flexibility index (Phi) is 6.56. The molecule has 12 aromatic rings. The maximum absolute atomic E-state index is 5.00. The van der Waals surface area contributed by atoms with E-state index in [2.05, 4.69) is 137 Å². The predicted molar refractivity (Wildman–Crippen MR) is 231 cm³/mol. The third-order valence-electron chi connectivity index (χ3n) is 11.3. The van der Waals surface area contributed by atoms with E-state index in [1.54, 1.807) is 0 Å². The van der Waals surface area contributed by atoms with Crippen LogP contribution in [0.25, 0.3) is 111 Å². The average molecular weight is 714 g/mol. The van der Waals surface area contributed by atoms with Crippen LogP contribution in [-0.4, -0.2) is 24.1 Å². The quantitative estimate of drug-likeness (QED) is 0.167. The van der Waals surface area contributed by atoms with E-state index in [1.165, 1.54) is 54.1 Å². The summed E-state index contributed by atoms with van der Waals surface area (Å²) < 4.78 is 4.90. The fraction of sp³-hybridized carbons (Fsp3) is 0. The second kappa shape index (κ2) is 11.9. The molecule has 0 saturated heterocycles. The molecule has 260 valence electrons. The Hall–Kier alpha value is -7.63. The summed E-state index contributed by atoms with van der Waals surface area (Å²) >= 11 is 0. The number of nitrogens with zero attached hydrogens (tertiary/aromatic N) is 5. The van der Waals surface area contributed by atoms with Gasteiger partial charge in [0.1, 0.15) is 0 Å². The van der Waals surface area contributed by atoms with Crippen LogP contribution in [0.1, 0.15) is 0 Å². The largest absolute Gasteiger partial charge is 0.307 e. The predicted octanol–water partition coefficient (Wildman–Crippen LogP) is 12.8. The summed E-state index contributed by atoms with van der Waals surface area (Å²) in [7, 11) is 0. The van der Waals surface area contributed by atoms with Gasteiger partial charge in [-0.1, -0.05) is 140 Å². The summed E-state index contributed by atoms with van der Waals surface area (Å²) in [6, 6.07) is 66.7. The third kappa shape index (κ3) is 4.46. The molecule has 9 aromatic carbocycles. The number of benzene rings is 9. The fourth-order valence-electron chi connectivity index (χ4n) is 8.92. The molecule has 0 spiro atoms. The van der Waals surface area contributed by atoms with Gasteiger partial charge in [0.15, 0.2) is 17.5 Å². The van der Waals surface area contributed by atoms with Crippen molar-refractivity contribution in [3.05, 3.63) is 188 Å². The third-order valence-corrected chi connectivity index (χ3v) is 11.3. The lowest BCUT2D eigenvalue weighted by Gasteiger charge is -2.15. The summed E-state index contributed by atoms with van der Waals surface area (Å²) in [5.74, 6) is 1.93. The molecule has 0 saturated carbocycles. The molecule has 0 aliphatic carbocycles. The molecule has 0 aliphatic heterocycles. The highest BCUT2D eigenvalue weighted by Crippen LogP contribution is 2.45. The number of para-hydroxylation sites is 2. The number of aromatic nitrogens is 5. The van der Waals surface area contributed by atoms with E-state index >= 15 is 0 Å². The van der Waals surface area contributed by atoms with Gasteiger partial charge in [0.05, 0.1) is 27.8 Å². The van der Waals surface area contributed by atoms with Crippen molar-refractivity contribution in [3.8, 4) is 45.5 Å². The molecule has 0 fully saturated rings. The van der Waals surface area contributed by atoms with Crippen LogP contribution in [0.3, 0.4) is 0 Å². The van der Waals surface area contributed by atoms with Crippen LogP contribution >= 0.6 is 0 Å². The smallest absolute Gasteiger partial charge is 0.164 e. The monoisotopic (exact) mass is 713 g/mol. The van der Waals surface area contributed by atoms with Gasteiger partial charge in [-0.15, -0.1) is 0 Å². The molecule has 5 nitrogen and oxygen atoms in total. The summed E-state index contributed by atoms with van der Waals surface area (Å²) in [5, 5.41) is 10.2. The van der Waals surface area contributed by atoms with Crippen LogP contribution in [0.5, 0.6) is 0 Å². The maximum Gasteiger partial charge on any atom is 0.164 e. The second-order valence-corrected chi connectivity index (χ2v) is 14.4. The molecule has 12 rings (SSSR count). The number of hydrogen-bond donors (Lipinski definition) is 0. The SMILES string of the molecule is c1ccc(-c2nc(-c3ccccc3)nc(-c3ccc(-n4c5ccccc5c5cccc(-n6c7cccc8c9ccccc9c9cccc6c9c87)c54)cc3)n2)cc1. The van der Waals surface area contributed by atoms with E-state index in [0.717, 1.165) is 39.1 Å². The van der Waals surface area contributed by atoms with Gasteiger partial charge in [0.25, 0.3) is 0 Å².